The Morgan fingerprint density at radius 3 is 2.78 bits per heavy atom. The first-order chi connectivity index (χ1) is 11.1. The summed E-state index contributed by atoms with van der Waals surface area (Å²) < 4.78 is 5.51. The molecule has 2 aromatic carbocycles. The second kappa shape index (κ2) is 6.45. The summed E-state index contributed by atoms with van der Waals surface area (Å²) in [4.78, 5) is 14.1. The molecular formula is C20H23NO2. The summed E-state index contributed by atoms with van der Waals surface area (Å²) in [7, 11) is 1.68. The summed E-state index contributed by atoms with van der Waals surface area (Å²) in [6.07, 6.45) is 2.27. The average Bonchev–Trinajstić information content (AvgIpc) is 2.57. The van der Waals surface area contributed by atoms with Gasteiger partial charge in [-0.2, -0.15) is 0 Å². The fraction of sp³-hybridized carbons (Fsp3) is 0.350. The number of hydrogen-bond donors (Lipinski definition) is 0. The topological polar surface area (TPSA) is 29.5 Å². The van der Waals surface area contributed by atoms with Crippen LogP contribution in [0.4, 0.5) is 5.69 Å². The molecule has 1 atom stereocenters. The monoisotopic (exact) mass is 309 g/mol. The van der Waals surface area contributed by atoms with E-state index in [2.05, 4.69) is 36.1 Å². The van der Waals surface area contributed by atoms with Crippen molar-refractivity contribution >= 4 is 11.5 Å². The number of hydrogen-bond acceptors (Lipinski definition) is 3. The maximum Gasteiger partial charge on any atom is 0.159 e. The smallest absolute Gasteiger partial charge is 0.159 e. The maximum atomic E-state index is 11.7. The standard InChI is InChI=1S/C20H23NO2/c1-14-8-9-16-6-4-5-7-19(16)21(14)13-18-12-17(15(2)22)10-11-20(18)23-3/h4-7,10-12,14H,8-9,13H2,1-3H3/t14-/m1/s1. The summed E-state index contributed by atoms with van der Waals surface area (Å²) in [5.41, 5.74) is 4.48. The molecule has 0 bridgehead atoms. The Morgan fingerprint density at radius 2 is 2.04 bits per heavy atom. The highest BCUT2D eigenvalue weighted by Gasteiger charge is 2.23. The lowest BCUT2D eigenvalue weighted by atomic mass is 9.95. The van der Waals surface area contributed by atoms with Gasteiger partial charge < -0.3 is 9.64 Å². The molecule has 3 nitrogen and oxygen atoms in total. The second-order valence-corrected chi connectivity index (χ2v) is 6.23. The molecule has 0 aliphatic carbocycles. The summed E-state index contributed by atoms with van der Waals surface area (Å²) in [6.45, 7) is 4.62. The molecule has 3 heteroatoms. The lowest BCUT2D eigenvalue weighted by Crippen LogP contribution is -2.36. The van der Waals surface area contributed by atoms with Crippen LogP contribution in [0.3, 0.4) is 0 Å². The molecule has 120 valence electrons. The van der Waals surface area contributed by atoms with Crippen molar-refractivity contribution in [2.75, 3.05) is 12.0 Å². The van der Waals surface area contributed by atoms with Gasteiger partial charge in [0.1, 0.15) is 5.75 Å². The largest absolute Gasteiger partial charge is 0.496 e. The van der Waals surface area contributed by atoms with Gasteiger partial charge in [0, 0.05) is 29.4 Å². The van der Waals surface area contributed by atoms with E-state index >= 15 is 0 Å². The molecule has 0 saturated heterocycles. The third-order valence-electron chi connectivity index (χ3n) is 4.69. The highest BCUT2D eigenvalue weighted by Crippen LogP contribution is 2.33. The average molecular weight is 309 g/mol. The lowest BCUT2D eigenvalue weighted by Gasteiger charge is -2.37. The van der Waals surface area contributed by atoms with E-state index in [1.165, 1.54) is 11.3 Å². The van der Waals surface area contributed by atoms with E-state index in [4.69, 9.17) is 4.74 Å². The van der Waals surface area contributed by atoms with Gasteiger partial charge in [-0.25, -0.2) is 0 Å². The highest BCUT2D eigenvalue weighted by molar-refractivity contribution is 5.94. The Bertz CT molecular complexity index is 723. The predicted molar refractivity (Wildman–Crippen MR) is 93.4 cm³/mol. The van der Waals surface area contributed by atoms with E-state index in [0.29, 0.717) is 6.04 Å². The van der Waals surface area contributed by atoms with E-state index in [9.17, 15) is 4.79 Å². The summed E-state index contributed by atoms with van der Waals surface area (Å²) in [5, 5.41) is 0. The van der Waals surface area contributed by atoms with Gasteiger partial charge in [0.25, 0.3) is 0 Å². The van der Waals surface area contributed by atoms with E-state index in [1.54, 1.807) is 14.0 Å². The number of fused-ring (bicyclic) bond motifs is 1. The van der Waals surface area contributed by atoms with Crippen LogP contribution < -0.4 is 9.64 Å². The van der Waals surface area contributed by atoms with Crippen molar-refractivity contribution in [2.45, 2.75) is 39.3 Å². The Kier molecular flexibility index (Phi) is 4.37. The quantitative estimate of drug-likeness (QED) is 0.791. The number of benzene rings is 2. The Labute approximate surface area is 137 Å². The first-order valence-electron chi connectivity index (χ1n) is 8.12. The zero-order valence-corrected chi connectivity index (χ0v) is 14.0. The van der Waals surface area contributed by atoms with Crippen molar-refractivity contribution < 1.29 is 9.53 Å². The van der Waals surface area contributed by atoms with Crippen LogP contribution in [0.15, 0.2) is 42.5 Å². The number of carbonyl (C=O) groups is 1. The molecule has 0 spiro atoms. The SMILES string of the molecule is COc1ccc(C(C)=O)cc1CN1c2ccccc2CC[C@H]1C. The Morgan fingerprint density at radius 1 is 1.26 bits per heavy atom. The molecule has 0 fully saturated rings. The van der Waals surface area contributed by atoms with Crippen LogP contribution in [-0.4, -0.2) is 18.9 Å². The van der Waals surface area contributed by atoms with Crippen molar-refractivity contribution in [3.8, 4) is 5.75 Å². The molecule has 0 N–H and O–H groups in total. The molecule has 1 aliphatic rings. The normalized spacial score (nSPS) is 16.8. The third-order valence-corrected chi connectivity index (χ3v) is 4.69. The lowest BCUT2D eigenvalue weighted by molar-refractivity contribution is 0.101. The summed E-state index contributed by atoms with van der Waals surface area (Å²) >= 11 is 0. The van der Waals surface area contributed by atoms with Crippen molar-refractivity contribution in [3.05, 3.63) is 59.2 Å². The number of aryl methyl sites for hydroxylation is 1. The molecule has 0 radical (unpaired) electrons. The summed E-state index contributed by atoms with van der Waals surface area (Å²) in [6, 6.07) is 14.7. The van der Waals surface area contributed by atoms with Crippen molar-refractivity contribution in [2.24, 2.45) is 0 Å². The second-order valence-electron chi connectivity index (χ2n) is 6.23. The van der Waals surface area contributed by atoms with Gasteiger partial charge in [0.15, 0.2) is 5.78 Å². The molecule has 0 unspecified atom stereocenters. The predicted octanol–water partition coefficient (Wildman–Crippen LogP) is 4.24. The zero-order valence-electron chi connectivity index (χ0n) is 14.0. The van der Waals surface area contributed by atoms with Crippen LogP contribution in [-0.2, 0) is 13.0 Å². The van der Waals surface area contributed by atoms with Crippen LogP contribution >= 0.6 is 0 Å². The number of Topliss-reactive ketones (excluding diaryl/α,β-unsaturated/α-hetero) is 1. The Hall–Kier alpha value is -2.29. The number of para-hydroxylation sites is 1. The Balaban J connectivity index is 1.98. The van der Waals surface area contributed by atoms with Crippen LogP contribution in [0.1, 0.15) is 41.8 Å². The number of rotatable bonds is 4. The first-order valence-corrected chi connectivity index (χ1v) is 8.12. The van der Waals surface area contributed by atoms with Gasteiger partial charge in [-0.05, 0) is 56.5 Å². The number of carbonyl (C=O) groups excluding carboxylic acids is 1. The molecule has 1 aliphatic heterocycles. The number of ether oxygens (including phenoxy) is 1. The number of methoxy groups -OCH3 is 1. The molecule has 3 rings (SSSR count). The fourth-order valence-corrected chi connectivity index (χ4v) is 3.31. The fourth-order valence-electron chi connectivity index (χ4n) is 3.31. The molecule has 1 heterocycles. The molecule has 0 amide bonds. The van der Waals surface area contributed by atoms with E-state index in [-0.39, 0.29) is 5.78 Å². The molecule has 0 aromatic heterocycles. The van der Waals surface area contributed by atoms with Crippen LogP contribution in [0.5, 0.6) is 5.75 Å². The third kappa shape index (κ3) is 3.09. The molecule has 0 saturated carbocycles. The highest BCUT2D eigenvalue weighted by atomic mass is 16.5. The number of anilines is 1. The van der Waals surface area contributed by atoms with Crippen LogP contribution in [0.25, 0.3) is 0 Å². The molecular weight excluding hydrogens is 286 g/mol. The van der Waals surface area contributed by atoms with E-state index in [0.717, 1.165) is 36.3 Å². The minimum Gasteiger partial charge on any atom is -0.496 e. The van der Waals surface area contributed by atoms with Crippen LogP contribution in [0.2, 0.25) is 0 Å². The van der Waals surface area contributed by atoms with Gasteiger partial charge in [-0.1, -0.05) is 18.2 Å². The van der Waals surface area contributed by atoms with Gasteiger partial charge in [0.2, 0.25) is 0 Å². The van der Waals surface area contributed by atoms with Crippen molar-refractivity contribution in [3.63, 3.8) is 0 Å². The van der Waals surface area contributed by atoms with Gasteiger partial charge in [-0.15, -0.1) is 0 Å². The van der Waals surface area contributed by atoms with E-state index in [1.807, 2.05) is 18.2 Å². The van der Waals surface area contributed by atoms with E-state index < -0.39 is 0 Å². The maximum absolute atomic E-state index is 11.7. The molecule has 2 aromatic rings. The number of ketones is 1. The van der Waals surface area contributed by atoms with Gasteiger partial charge in [0.05, 0.1) is 7.11 Å². The number of nitrogens with zero attached hydrogens (tertiary/aromatic N) is 1. The minimum atomic E-state index is 0.0843. The minimum absolute atomic E-state index is 0.0843. The van der Waals surface area contributed by atoms with Crippen molar-refractivity contribution in [1.29, 1.82) is 0 Å². The van der Waals surface area contributed by atoms with Crippen molar-refractivity contribution in [1.82, 2.24) is 0 Å². The van der Waals surface area contributed by atoms with Crippen LogP contribution in [0, 0.1) is 0 Å². The zero-order chi connectivity index (χ0) is 16.4. The van der Waals surface area contributed by atoms with Gasteiger partial charge in [-0.3, -0.25) is 4.79 Å². The summed E-state index contributed by atoms with van der Waals surface area (Å²) in [5.74, 6) is 0.922. The van der Waals surface area contributed by atoms with Gasteiger partial charge >= 0.3 is 0 Å². The first kappa shape index (κ1) is 15.6. The molecule has 23 heavy (non-hydrogen) atoms.